The highest BCUT2D eigenvalue weighted by atomic mass is 35.5. The second-order valence-electron chi connectivity index (χ2n) is 5.91. The van der Waals surface area contributed by atoms with E-state index in [4.69, 9.17) is 16.7 Å². The minimum Gasteiger partial charge on any atom is -0.481 e. The molecule has 0 heterocycles. The molecule has 4 nitrogen and oxygen atoms in total. The fraction of sp³-hybridized carbons (Fsp3) is 0.562. The number of aliphatic carboxylic acids is 1. The number of anilines is 1. The van der Waals surface area contributed by atoms with Gasteiger partial charge in [-0.2, -0.15) is 0 Å². The molecule has 1 fully saturated rings. The summed E-state index contributed by atoms with van der Waals surface area (Å²) >= 11 is 6.31. The molecular weight excluding hydrogens is 288 g/mol. The number of nitrogens with zero attached hydrogens (tertiary/aromatic N) is 1. The van der Waals surface area contributed by atoms with Crippen molar-refractivity contribution < 1.29 is 9.90 Å². The van der Waals surface area contributed by atoms with E-state index in [1.54, 1.807) is 0 Å². The number of carboxylic acid groups (broad SMARTS) is 1. The molecule has 1 saturated carbocycles. The van der Waals surface area contributed by atoms with Crippen LogP contribution in [0.3, 0.4) is 0 Å². The summed E-state index contributed by atoms with van der Waals surface area (Å²) in [5, 5.41) is 13.4. The van der Waals surface area contributed by atoms with Crippen molar-refractivity contribution in [3.63, 3.8) is 0 Å². The smallest absolute Gasteiger partial charge is 0.306 e. The maximum Gasteiger partial charge on any atom is 0.306 e. The zero-order chi connectivity index (χ0) is 15.4. The van der Waals surface area contributed by atoms with E-state index in [9.17, 15) is 4.79 Å². The predicted molar refractivity (Wildman–Crippen MR) is 86.0 cm³/mol. The van der Waals surface area contributed by atoms with Gasteiger partial charge in [0.25, 0.3) is 0 Å². The van der Waals surface area contributed by atoms with Crippen LogP contribution in [0.15, 0.2) is 18.2 Å². The average molecular weight is 311 g/mol. The van der Waals surface area contributed by atoms with E-state index in [1.165, 1.54) is 0 Å². The first-order chi connectivity index (χ1) is 9.99. The van der Waals surface area contributed by atoms with E-state index in [0.717, 1.165) is 35.5 Å². The normalized spacial score (nSPS) is 22.0. The largest absolute Gasteiger partial charge is 0.481 e. The van der Waals surface area contributed by atoms with Gasteiger partial charge in [0.05, 0.1) is 5.92 Å². The Morgan fingerprint density at radius 2 is 2.19 bits per heavy atom. The predicted octanol–water partition coefficient (Wildman–Crippen LogP) is 3.14. The van der Waals surface area contributed by atoms with Crippen LogP contribution in [0.5, 0.6) is 0 Å². The Kier molecular flexibility index (Phi) is 5.48. The summed E-state index contributed by atoms with van der Waals surface area (Å²) in [7, 11) is 3.99. The third-order valence-corrected chi connectivity index (χ3v) is 4.52. The first kappa shape index (κ1) is 16.1. The first-order valence-electron chi connectivity index (χ1n) is 7.40. The van der Waals surface area contributed by atoms with Gasteiger partial charge in [0.15, 0.2) is 0 Å². The van der Waals surface area contributed by atoms with Gasteiger partial charge in [0.2, 0.25) is 0 Å². The lowest BCUT2D eigenvalue weighted by Crippen LogP contribution is -2.36. The third-order valence-electron chi connectivity index (χ3n) is 4.17. The second-order valence-corrected chi connectivity index (χ2v) is 6.32. The molecule has 1 aromatic rings. The molecule has 1 aromatic carbocycles. The van der Waals surface area contributed by atoms with Crippen molar-refractivity contribution in [1.29, 1.82) is 0 Å². The summed E-state index contributed by atoms with van der Waals surface area (Å²) in [4.78, 5) is 13.2. The van der Waals surface area contributed by atoms with Crippen LogP contribution in [0.1, 0.15) is 31.2 Å². The van der Waals surface area contributed by atoms with Crippen LogP contribution < -0.4 is 10.2 Å². The van der Waals surface area contributed by atoms with Crippen molar-refractivity contribution in [1.82, 2.24) is 5.32 Å². The van der Waals surface area contributed by atoms with Crippen molar-refractivity contribution >= 4 is 23.3 Å². The molecule has 1 aliphatic carbocycles. The minimum atomic E-state index is -0.673. The lowest BCUT2D eigenvalue weighted by molar-refractivity contribution is -0.143. The van der Waals surface area contributed by atoms with Gasteiger partial charge in [0, 0.05) is 43.0 Å². The zero-order valence-corrected chi connectivity index (χ0v) is 13.4. The molecule has 2 N–H and O–H groups in total. The highest BCUT2D eigenvalue weighted by molar-refractivity contribution is 6.31. The Hall–Kier alpha value is -1.26. The molecule has 0 aromatic heterocycles. The topological polar surface area (TPSA) is 52.6 Å². The molecule has 116 valence electrons. The second kappa shape index (κ2) is 7.14. The van der Waals surface area contributed by atoms with Gasteiger partial charge >= 0.3 is 5.97 Å². The summed E-state index contributed by atoms with van der Waals surface area (Å²) in [5.41, 5.74) is 2.17. The molecule has 1 aliphatic rings. The lowest BCUT2D eigenvalue weighted by Gasteiger charge is -2.28. The average Bonchev–Trinajstić information content (AvgIpc) is 2.46. The van der Waals surface area contributed by atoms with Crippen molar-refractivity contribution in [2.45, 2.75) is 38.3 Å². The van der Waals surface area contributed by atoms with Gasteiger partial charge < -0.3 is 15.3 Å². The van der Waals surface area contributed by atoms with Crippen LogP contribution in [-0.4, -0.2) is 31.2 Å². The third kappa shape index (κ3) is 4.11. The fourth-order valence-corrected chi connectivity index (χ4v) is 3.22. The van der Waals surface area contributed by atoms with E-state index in [1.807, 2.05) is 37.2 Å². The van der Waals surface area contributed by atoms with E-state index in [2.05, 4.69) is 5.32 Å². The Morgan fingerprint density at radius 3 is 2.86 bits per heavy atom. The van der Waals surface area contributed by atoms with Crippen LogP contribution in [0.25, 0.3) is 0 Å². The van der Waals surface area contributed by atoms with Gasteiger partial charge in [-0.3, -0.25) is 4.79 Å². The maximum atomic E-state index is 11.1. The van der Waals surface area contributed by atoms with Gasteiger partial charge in [-0.25, -0.2) is 0 Å². The first-order valence-corrected chi connectivity index (χ1v) is 7.77. The summed E-state index contributed by atoms with van der Waals surface area (Å²) in [6.07, 6.45) is 3.50. The molecule has 2 rings (SSSR count). The molecular formula is C16H23ClN2O2. The summed E-state index contributed by atoms with van der Waals surface area (Å²) < 4.78 is 0. The maximum absolute atomic E-state index is 11.1. The van der Waals surface area contributed by atoms with E-state index in [-0.39, 0.29) is 12.0 Å². The van der Waals surface area contributed by atoms with E-state index >= 15 is 0 Å². The zero-order valence-electron chi connectivity index (χ0n) is 12.6. The highest BCUT2D eigenvalue weighted by Gasteiger charge is 2.26. The minimum absolute atomic E-state index is 0.212. The summed E-state index contributed by atoms with van der Waals surface area (Å²) in [6.45, 7) is 0.671. The number of carbonyl (C=O) groups is 1. The Bertz CT molecular complexity index is 505. The Labute approximate surface area is 131 Å². The van der Waals surface area contributed by atoms with Crippen LogP contribution in [-0.2, 0) is 11.3 Å². The molecule has 0 radical (unpaired) electrons. The number of rotatable bonds is 5. The number of hydrogen-bond acceptors (Lipinski definition) is 3. The molecule has 0 saturated heterocycles. The number of halogens is 1. The van der Waals surface area contributed by atoms with Crippen LogP contribution >= 0.6 is 11.6 Å². The van der Waals surface area contributed by atoms with Gasteiger partial charge in [-0.05, 0) is 31.4 Å². The molecule has 0 spiro atoms. The van der Waals surface area contributed by atoms with Crippen molar-refractivity contribution in [3.05, 3.63) is 28.8 Å². The Balaban J connectivity index is 2.01. The standard InChI is InChI=1S/C16H23ClN2O2/c1-19(2)15-8-4-7-14(17)13(15)10-18-12-6-3-5-11(9-12)16(20)21/h4,7-8,11-12,18H,3,5-6,9-10H2,1-2H3,(H,20,21)/t11-,12+/m0/s1. The van der Waals surface area contributed by atoms with Crippen molar-refractivity contribution in [3.8, 4) is 0 Å². The molecule has 0 amide bonds. The summed E-state index contributed by atoms with van der Waals surface area (Å²) in [5.74, 6) is -0.885. The number of carboxylic acids is 1. The van der Waals surface area contributed by atoms with Gasteiger partial charge in [-0.15, -0.1) is 0 Å². The van der Waals surface area contributed by atoms with E-state index < -0.39 is 5.97 Å². The van der Waals surface area contributed by atoms with Crippen molar-refractivity contribution in [2.24, 2.45) is 5.92 Å². The summed E-state index contributed by atoms with van der Waals surface area (Å²) in [6, 6.07) is 6.14. The lowest BCUT2D eigenvalue weighted by atomic mass is 9.85. The molecule has 0 unspecified atom stereocenters. The molecule has 0 bridgehead atoms. The van der Waals surface area contributed by atoms with Crippen LogP contribution in [0.4, 0.5) is 5.69 Å². The van der Waals surface area contributed by atoms with E-state index in [0.29, 0.717) is 13.0 Å². The molecule has 2 atom stereocenters. The number of hydrogen-bond donors (Lipinski definition) is 2. The van der Waals surface area contributed by atoms with Gasteiger partial charge in [-0.1, -0.05) is 24.1 Å². The number of nitrogens with one attached hydrogen (secondary N) is 1. The van der Waals surface area contributed by atoms with Crippen LogP contribution in [0, 0.1) is 5.92 Å². The highest BCUT2D eigenvalue weighted by Crippen LogP contribution is 2.28. The Morgan fingerprint density at radius 1 is 1.43 bits per heavy atom. The SMILES string of the molecule is CN(C)c1cccc(Cl)c1CN[C@@H]1CCC[C@H](C(=O)O)C1. The quantitative estimate of drug-likeness (QED) is 0.877. The van der Waals surface area contributed by atoms with Crippen LogP contribution in [0.2, 0.25) is 5.02 Å². The fourth-order valence-electron chi connectivity index (χ4n) is 2.99. The molecule has 0 aliphatic heterocycles. The van der Waals surface area contributed by atoms with Gasteiger partial charge in [0.1, 0.15) is 0 Å². The molecule has 21 heavy (non-hydrogen) atoms. The number of benzene rings is 1. The monoisotopic (exact) mass is 310 g/mol. The van der Waals surface area contributed by atoms with Crippen molar-refractivity contribution in [2.75, 3.05) is 19.0 Å². The molecule has 5 heteroatoms.